The molecule has 3 nitrogen and oxygen atoms in total. The second kappa shape index (κ2) is 4.18. The fourth-order valence-corrected chi connectivity index (χ4v) is 1.86. The summed E-state index contributed by atoms with van der Waals surface area (Å²) in [6.45, 7) is 1.75. The number of nitrogens with zero attached hydrogens (tertiary/aromatic N) is 1. The number of alkyl halides is 3. The van der Waals surface area contributed by atoms with Gasteiger partial charge in [0.2, 0.25) is 0 Å². The Morgan fingerprint density at radius 2 is 2.13 bits per heavy atom. The summed E-state index contributed by atoms with van der Waals surface area (Å²) in [7, 11) is 0. The van der Waals surface area contributed by atoms with Crippen molar-refractivity contribution in [2.45, 2.75) is 25.9 Å². The summed E-state index contributed by atoms with van der Waals surface area (Å²) in [5.41, 5.74) is 0.0160. The van der Waals surface area contributed by atoms with E-state index in [1.54, 1.807) is 6.92 Å². The SMILES string of the molecule is CCCc1nc(C(F)(F)F)sc1C(=O)O. The zero-order valence-electron chi connectivity index (χ0n) is 7.76. The van der Waals surface area contributed by atoms with E-state index in [0.29, 0.717) is 6.42 Å². The van der Waals surface area contributed by atoms with Crippen LogP contribution in [-0.4, -0.2) is 16.1 Å². The summed E-state index contributed by atoms with van der Waals surface area (Å²) in [6, 6.07) is 0. The van der Waals surface area contributed by atoms with Gasteiger partial charge in [-0.1, -0.05) is 13.3 Å². The van der Waals surface area contributed by atoms with Gasteiger partial charge in [0, 0.05) is 0 Å². The number of rotatable bonds is 3. The van der Waals surface area contributed by atoms with Gasteiger partial charge >= 0.3 is 12.1 Å². The number of hydrogen-bond donors (Lipinski definition) is 1. The van der Waals surface area contributed by atoms with Gasteiger partial charge in [0.25, 0.3) is 0 Å². The molecule has 0 aliphatic heterocycles. The average molecular weight is 239 g/mol. The van der Waals surface area contributed by atoms with Crippen molar-refractivity contribution in [1.82, 2.24) is 4.98 Å². The Morgan fingerprint density at radius 3 is 2.53 bits per heavy atom. The third-order valence-corrected chi connectivity index (χ3v) is 2.75. The van der Waals surface area contributed by atoms with Gasteiger partial charge < -0.3 is 5.11 Å². The van der Waals surface area contributed by atoms with Crippen LogP contribution < -0.4 is 0 Å². The van der Waals surface area contributed by atoms with Crippen molar-refractivity contribution >= 4 is 17.3 Å². The average Bonchev–Trinajstić information content (AvgIpc) is 2.48. The molecule has 0 aliphatic carbocycles. The second-order valence-electron chi connectivity index (χ2n) is 2.85. The minimum Gasteiger partial charge on any atom is -0.477 e. The molecule has 0 amide bonds. The van der Waals surface area contributed by atoms with Gasteiger partial charge in [-0.15, -0.1) is 11.3 Å². The molecular weight excluding hydrogens is 231 g/mol. The topological polar surface area (TPSA) is 50.2 Å². The molecule has 1 aromatic heterocycles. The van der Waals surface area contributed by atoms with Crippen molar-refractivity contribution in [3.05, 3.63) is 15.6 Å². The summed E-state index contributed by atoms with van der Waals surface area (Å²) >= 11 is 0.179. The van der Waals surface area contributed by atoms with Crippen molar-refractivity contribution in [3.8, 4) is 0 Å². The molecule has 0 saturated carbocycles. The number of halogens is 3. The number of hydrogen-bond acceptors (Lipinski definition) is 3. The van der Waals surface area contributed by atoms with Crippen LogP contribution in [0.25, 0.3) is 0 Å². The molecule has 0 atom stereocenters. The van der Waals surface area contributed by atoms with Crippen molar-refractivity contribution in [2.75, 3.05) is 0 Å². The molecule has 0 saturated heterocycles. The summed E-state index contributed by atoms with van der Waals surface area (Å²) < 4.78 is 36.7. The van der Waals surface area contributed by atoms with Crippen LogP contribution in [0.1, 0.15) is 33.7 Å². The molecule has 0 radical (unpaired) electrons. The summed E-state index contributed by atoms with van der Waals surface area (Å²) in [5, 5.41) is 7.58. The van der Waals surface area contributed by atoms with Crippen molar-refractivity contribution < 1.29 is 23.1 Å². The molecule has 0 unspecified atom stereocenters. The third-order valence-electron chi connectivity index (χ3n) is 1.62. The molecule has 1 heterocycles. The lowest BCUT2D eigenvalue weighted by molar-refractivity contribution is -0.137. The largest absolute Gasteiger partial charge is 0.477 e. The normalized spacial score (nSPS) is 11.7. The molecule has 0 spiro atoms. The highest BCUT2D eigenvalue weighted by atomic mass is 32.1. The first kappa shape index (κ1) is 12.0. The minimum absolute atomic E-state index is 0.0160. The van der Waals surface area contributed by atoms with E-state index >= 15 is 0 Å². The molecule has 0 aliphatic rings. The van der Waals surface area contributed by atoms with E-state index in [-0.39, 0.29) is 28.3 Å². The first-order valence-corrected chi connectivity index (χ1v) is 4.98. The standard InChI is InChI=1S/C8H8F3NO2S/c1-2-3-4-5(6(13)14)15-7(12-4)8(9,10)11/h2-3H2,1H3,(H,13,14). The Hall–Kier alpha value is -1.11. The van der Waals surface area contributed by atoms with E-state index in [1.807, 2.05) is 0 Å². The van der Waals surface area contributed by atoms with E-state index in [4.69, 9.17) is 5.11 Å². The molecule has 1 rings (SSSR count). The Kier molecular flexibility index (Phi) is 3.33. The van der Waals surface area contributed by atoms with E-state index in [9.17, 15) is 18.0 Å². The van der Waals surface area contributed by atoms with E-state index in [0.717, 1.165) is 0 Å². The highest BCUT2D eigenvalue weighted by Crippen LogP contribution is 2.34. The molecule has 7 heteroatoms. The van der Waals surface area contributed by atoms with Crippen LogP contribution in [0.15, 0.2) is 0 Å². The maximum atomic E-state index is 12.2. The van der Waals surface area contributed by atoms with E-state index in [1.165, 1.54) is 0 Å². The summed E-state index contributed by atoms with van der Waals surface area (Å²) in [5.74, 6) is -1.36. The van der Waals surface area contributed by atoms with Crippen LogP contribution in [0.3, 0.4) is 0 Å². The maximum Gasteiger partial charge on any atom is 0.443 e. The maximum absolute atomic E-state index is 12.2. The van der Waals surface area contributed by atoms with Gasteiger partial charge in [-0.2, -0.15) is 13.2 Å². The van der Waals surface area contributed by atoms with Gasteiger partial charge in [-0.05, 0) is 6.42 Å². The quantitative estimate of drug-likeness (QED) is 0.882. The highest BCUT2D eigenvalue weighted by molar-refractivity contribution is 7.13. The van der Waals surface area contributed by atoms with E-state index < -0.39 is 17.2 Å². The monoisotopic (exact) mass is 239 g/mol. The Balaban J connectivity index is 3.15. The predicted octanol–water partition coefficient (Wildman–Crippen LogP) is 2.81. The summed E-state index contributed by atoms with van der Waals surface area (Å²) in [4.78, 5) is 13.6. The van der Waals surface area contributed by atoms with Crippen LogP contribution in [0, 0.1) is 0 Å². The number of carboxylic acid groups (broad SMARTS) is 1. The number of aromatic nitrogens is 1. The Bertz CT molecular complexity index is 372. The lowest BCUT2D eigenvalue weighted by atomic mass is 10.2. The van der Waals surface area contributed by atoms with Crippen LogP contribution in [0.5, 0.6) is 0 Å². The molecular formula is C8H8F3NO2S. The van der Waals surface area contributed by atoms with Gasteiger partial charge in [0.05, 0.1) is 5.69 Å². The Labute approximate surface area is 87.6 Å². The highest BCUT2D eigenvalue weighted by Gasteiger charge is 2.36. The van der Waals surface area contributed by atoms with E-state index in [2.05, 4.69) is 4.98 Å². The first-order valence-electron chi connectivity index (χ1n) is 4.16. The van der Waals surface area contributed by atoms with Gasteiger partial charge in [0.15, 0.2) is 5.01 Å². The van der Waals surface area contributed by atoms with Crippen LogP contribution >= 0.6 is 11.3 Å². The van der Waals surface area contributed by atoms with Crippen LogP contribution in [-0.2, 0) is 12.6 Å². The second-order valence-corrected chi connectivity index (χ2v) is 3.85. The number of thiazole rings is 1. The van der Waals surface area contributed by atoms with Crippen molar-refractivity contribution in [1.29, 1.82) is 0 Å². The van der Waals surface area contributed by atoms with Crippen LogP contribution in [0.2, 0.25) is 0 Å². The molecule has 1 N–H and O–H groups in total. The Morgan fingerprint density at radius 1 is 1.53 bits per heavy atom. The summed E-state index contributed by atoms with van der Waals surface area (Å²) in [6.07, 6.45) is -3.77. The fourth-order valence-electron chi connectivity index (χ4n) is 1.05. The molecule has 0 fully saturated rings. The molecule has 84 valence electrons. The lowest BCUT2D eigenvalue weighted by Gasteiger charge is -1.98. The molecule has 0 bridgehead atoms. The lowest BCUT2D eigenvalue weighted by Crippen LogP contribution is -2.04. The van der Waals surface area contributed by atoms with Gasteiger partial charge in [-0.25, -0.2) is 9.78 Å². The van der Waals surface area contributed by atoms with Crippen molar-refractivity contribution in [3.63, 3.8) is 0 Å². The number of aryl methyl sites for hydroxylation is 1. The third kappa shape index (κ3) is 2.68. The number of aromatic carboxylic acids is 1. The smallest absolute Gasteiger partial charge is 0.443 e. The fraction of sp³-hybridized carbons (Fsp3) is 0.500. The molecule has 0 aromatic carbocycles. The zero-order valence-corrected chi connectivity index (χ0v) is 8.58. The van der Waals surface area contributed by atoms with Crippen molar-refractivity contribution in [2.24, 2.45) is 0 Å². The first-order chi connectivity index (χ1) is 6.86. The predicted molar refractivity (Wildman–Crippen MR) is 48.1 cm³/mol. The van der Waals surface area contributed by atoms with Crippen LogP contribution in [0.4, 0.5) is 13.2 Å². The molecule has 1 aromatic rings. The number of carboxylic acids is 1. The zero-order chi connectivity index (χ0) is 11.6. The van der Waals surface area contributed by atoms with Gasteiger partial charge in [-0.3, -0.25) is 0 Å². The minimum atomic E-state index is -4.57. The molecule has 15 heavy (non-hydrogen) atoms. The number of carbonyl (C=O) groups is 1. The van der Waals surface area contributed by atoms with Gasteiger partial charge in [0.1, 0.15) is 4.88 Å².